The van der Waals surface area contributed by atoms with Crippen LogP contribution in [-0.2, 0) is 0 Å². The van der Waals surface area contributed by atoms with Gasteiger partial charge in [0.1, 0.15) is 0 Å². The molecule has 1 atom stereocenters. The Bertz CT molecular complexity index is 689. The van der Waals surface area contributed by atoms with Gasteiger partial charge in [-0.15, -0.1) is 0 Å². The van der Waals surface area contributed by atoms with E-state index in [4.69, 9.17) is 5.73 Å². The second kappa shape index (κ2) is 7.65. The molecule has 7 heteroatoms. The van der Waals surface area contributed by atoms with E-state index >= 15 is 0 Å². The molecule has 3 rings (SSSR count). The molecule has 1 saturated heterocycles. The number of hydrogen-bond donors (Lipinski definition) is 1. The van der Waals surface area contributed by atoms with Gasteiger partial charge in [0.05, 0.1) is 6.04 Å². The smallest absolute Gasteiger partial charge is 0.229 e. The largest absolute Gasteiger partial charge is 0.370 e. The molecule has 0 radical (unpaired) electrons. The van der Waals surface area contributed by atoms with E-state index in [9.17, 15) is 0 Å². The molecule has 1 aliphatic heterocycles. The van der Waals surface area contributed by atoms with Crippen LogP contribution in [-0.4, -0.2) is 60.1 Å². The van der Waals surface area contributed by atoms with Crippen LogP contribution in [0, 0.1) is 0 Å². The summed E-state index contributed by atoms with van der Waals surface area (Å²) in [6, 6.07) is 10.7. The summed E-state index contributed by atoms with van der Waals surface area (Å²) in [6.45, 7) is 6.20. The SMILES string of the molecule is CC(c1nc(N)nc(N(C)C)n1)N1CCCN(c2ccccc2)CC1. The molecule has 1 aromatic carbocycles. The van der Waals surface area contributed by atoms with E-state index in [2.05, 4.69) is 62.0 Å². The van der Waals surface area contributed by atoms with E-state index in [1.807, 2.05) is 19.0 Å². The first-order valence-electron chi connectivity index (χ1n) is 8.77. The number of benzene rings is 1. The number of aromatic nitrogens is 3. The maximum atomic E-state index is 5.88. The van der Waals surface area contributed by atoms with E-state index in [0.29, 0.717) is 5.95 Å². The van der Waals surface area contributed by atoms with Crippen molar-refractivity contribution >= 4 is 17.6 Å². The number of hydrogen-bond acceptors (Lipinski definition) is 7. The Morgan fingerprint density at radius 3 is 2.48 bits per heavy atom. The van der Waals surface area contributed by atoms with Gasteiger partial charge in [0.2, 0.25) is 11.9 Å². The molecule has 25 heavy (non-hydrogen) atoms. The summed E-state index contributed by atoms with van der Waals surface area (Å²) in [4.78, 5) is 19.9. The van der Waals surface area contributed by atoms with E-state index in [1.54, 1.807) is 0 Å². The molecule has 7 nitrogen and oxygen atoms in total. The van der Waals surface area contributed by atoms with Gasteiger partial charge in [-0.3, -0.25) is 4.90 Å². The third-order valence-corrected chi connectivity index (χ3v) is 4.63. The highest BCUT2D eigenvalue weighted by molar-refractivity contribution is 5.46. The zero-order chi connectivity index (χ0) is 17.8. The molecule has 0 spiro atoms. The van der Waals surface area contributed by atoms with Gasteiger partial charge in [0.15, 0.2) is 5.82 Å². The Morgan fingerprint density at radius 2 is 1.76 bits per heavy atom. The van der Waals surface area contributed by atoms with Crippen molar-refractivity contribution in [3.05, 3.63) is 36.2 Å². The van der Waals surface area contributed by atoms with Crippen LogP contribution < -0.4 is 15.5 Å². The van der Waals surface area contributed by atoms with Crippen molar-refractivity contribution in [2.24, 2.45) is 0 Å². The van der Waals surface area contributed by atoms with Crippen molar-refractivity contribution in [2.45, 2.75) is 19.4 Å². The first kappa shape index (κ1) is 17.4. The van der Waals surface area contributed by atoms with Crippen LogP contribution in [0.1, 0.15) is 25.2 Å². The van der Waals surface area contributed by atoms with Crippen molar-refractivity contribution < 1.29 is 0 Å². The van der Waals surface area contributed by atoms with Crippen LogP contribution in [0.3, 0.4) is 0 Å². The summed E-state index contributed by atoms with van der Waals surface area (Å²) in [5.74, 6) is 1.63. The van der Waals surface area contributed by atoms with E-state index in [1.165, 1.54) is 5.69 Å². The van der Waals surface area contributed by atoms with Crippen LogP contribution in [0.15, 0.2) is 30.3 Å². The number of anilines is 3. The van der Waals surface area contributed by atoms with Crippen molar-refractivity contribution in [2.75, 3.05) is 55.8 Å². The zero-order valence-electron chi connectivity index (χ0n) is 15.3. The average molecular weight is 341 g/mol. The fourth-order valence-electron chi connectivity index (χ4n) is 3.17. The van der Waals surface area contributed by atoms with Gasteiger partial charge in [-0.2, -0.15) is 15.0 Å². The van der Waals surface area contributed by atoms with Gasteiger partial charge in [-0.1, -0.05) is 18.2 Å². The van der Waals surface area contributed by atoms with E-state index < -0.39 is 0 Å². The maximum absolute atomic E-state index is 5.88. The predicted molar refractivity (Wildman–Crippen MR) is 102 cm³/mol. The molecule has 1 unspecified atom stereocenters. The molecule has 0 amide bonds. The van der Waals surface area contributed by atoms with Crippen molar-refractivity contribution in [1.29, 1.82) is 0 Å². The molecule has 0 aliphatic carbocycles. The molecule has 1 aliphatic rings. The Labute approximate surface area is 149 Å². The van der Waals surface area contributed by atoms with Gasteiger partial charge in [-0.05, 0) is 25.5 Å². The fourth-order valence-corrected chi connectivity index (χ4v) is 3.17. The van der Waals surface area contributed by atoms with Gasteiger partial charge in [0.25, 0.3) is 0 Å². The number of para-hydroxylation sites is 1. The highest BCUT2D eigenvalue weighted by Gasteiger charge is 2.23. The molecular weight excluding hydrogens is 314 g/mol. The lowest BCUT2D eigenvalue weighted by Gasteiger charge is -2.27. The number of nitrogens with zero attached hydrogens (tertiary/aromatic N) is 6. The molecular formula is C18H27N7. The normalized spacial score (nSPS) is 17.2. The first-order valence-corrected chi connectivity index (χ1v) is 8.77. The average Bonchev–Trinajstić information content (AvgIpc) is 2.87. The lowest BCUT2D eigenvalue weighted by atomic mass is 10.2. The minimum absolute atomic E-state index is 0.111. The lowest BCUT2D eigenvalue weighted by Crippen LogP contribution is -2.33. The molecule has 0 bridgehead atoms. The van der Waals surface area contributed by atoms with Crippen molar-refractivity contribution in [3.8, 4) is 0 Å². The van der Waals surface area contributed by atoms with E-state index in [-0.39, 0.29) is 12.0 Å². The fraction of sp³-hybridized carbons (Fsp3) is 0.500. The molecule has 1 fully saturated rings. The van der Waals surface area contributed by atoms with Gasteiger partial charge in [-0.25, -0.2) is 0 Å². The highest BCUT2D eigenvalue weighted by Crippen LogP contribution is 2.22. The minimum Gasteiger partial charge on any atom is -0.370 e. The predicted octanol–water partition coefficient (Wildman–Crippen LogP) is 1.79. The molecule has 134 valence electrons. The standard InChI is InChI=1S/C18H27N7/c1-14(16-20-17(19)22-18(21-16)23(2)3)24-10-7-11-25(13-12-24)15-8-5-4-6-9-15/h4-6,8-9,14H,7,10-13H2,1-3H3,(H2,19,20,21,22). The highest BCUT2D eigenvalue weighted by atomic mass is 15.3. The molecule has 1 aromatic heterocycles. The third kappa shape index (κ3) is 4.17. The quantitative estimate of drug-likeness (QED) is 0.909. The monoisotopic (exact) mass is 341 g/mol. The maximum Gasteiger partial charge on any atom is 0.229 e. The van der Waals surface area contributed by atoms with Crippen LogP contribution in [0.2, 0.25) is 0 Å². The Hall–Kier alpha value is -2.41. The lowest BCUT2D eigenvalue weighted by molar-refractivity contribution is 0.218. The summed E-state index contributed by atoms with van der Waals surface area (Å²) in [6.07, 6.45) is 1.11. The molecule has 0 saturated carbocycles. The zero-order valence-corrected chi connectivity index (χ0v) is 15.3. The third-order valence-electron chi connectivity index (χ3n) is 4.63. The second-order valence-corrected chi connectivity index (χ2v) is 6.63. The van der Waals surface area contributed by atoms with Crippen LogP contribution in [0.5, 0.6) is 0 Å². The van der Waals surface area contributed by atoms with Crippen LogP contribution in [0.4, 0.5) is 17.6 Å². The summed E-state index contributed by atoms with van der Waals surface area (Å²) in [5.41, 5.74) is 7.17. The summed E-state index contributed by atoms with van der Waals surface area (Å²) in [5, 5.41) is 0. The minimum atomic E-state index is 0.111. The number of rotatable bonds is 4. The molecule has 2 N–H and O–H groups in total. The summed E-state index contributed by atoms with van der Waals surface area (Å²) < 4.78 is 0. The summed E-state index contributed by atoms with van der Waals surface area (Å²) in [7, 11) is 3.82. The van der Waals surface area contributed by atoms with E-state index in [0.717, 1.165) is 38.4 Å². The van der Waals surface area contributed by atoms with Crippen molar-refractivity contribution in [1.82, 2.24) is 19.9 Å². The number of nitrogen functional groups attached to an aromatic ring is 1. The Morgan fingerprint density at radius 1 is 1.00 bits per heavy atom. The second-order valence-electron chi connectivity index (χ2n) is 6.63. The van der Waals surface area contributed by atoms with Gasteiger partial charge in [0, 0.05) is 46.0 Å². The van der Waals surface area contributed by atoms with Gasteiger partial charge < -0.3 is 15.5 Å². The topological polar surface area (TPSA) is 74.4 Å². The molecule has 2 heterocycles. The van der Waals surface area contributed by atoms with Crippen molar-refractivity contribution in [3.63, 3.8) is 0 Å². The Kier molecular flexibility index (Phi) is 5.33. The summed E-state index contributed by atoms with van der Waals surface area (Å²) >= 11 is 0. The molecule has 2 aromatic rings. The number of nitrogens with two attached hydrogens (primary N) is 1. The first-order chi connectivity index (χ1) is 12.0. The van der Waals surface area contributed by atoms with Crippen LogP contribution >= 0.6 is 0 Å². The van der Waals surface area contributed by atoms with Crippen LogP contribution in [0.25, 0.3) is 0 Å². The Balaban J connectivity index is 1.72. The van der Waals surface area contributed by atoms with Gasteiger partial charge >= 0.3 is 0 Å².